The molecule has 11 heteroatoms. The highest BCUT2D eigenvalue weighted by molar-refractivity contribution is 7.90. The zero-order valence-electron chi connectivity index (χ0n) is 21.6. The molecule has 4 aliphatic heterocycles. The molecule has 1 N–H and O–H groups in total. The summed E-state index contributed by atoms with van der Waals surface area (Å²) >= 11 is 0. The van der Waals surface area contributed by atoms with Gasteiger partial charge in [0.1, 0.15) is 29.5 Å². The number of likely N-dealkylation sites (N-methyl/N-ethyl adjacent to an activating group) is 1. The molecule has 1 aromatic carbocycles. The number of ether oxygens (including phenoxy) is 2. The van der Waals surface area contributed by atoms with Crippen LogP contribution in [0.2, 0.25) is 0 Å². The molecule has 10 nitrogen and oxygen atoms in total. The Morgan fingerprint density at radius 2 is 1.87 bits per heavy atom. The van der Waals surface area contributed by atoms with Gasteiger partial charge in [0, 0.05) is 61.3 Å². The maximum atomic E-state index is 12.9. The summed E-state index contributed by atoms with van der Waals surface area (Å²) in [5, 5.41) is 3.30. The number of benzene rings is 1. The lowest BCUT2D eigenvalue weighted by molar-refractivity contribution is 0.106. The standard InChI is InChI=1S/C27H30N6O4S/c1-27(2)22-12-25(28-14-21(22)20-7-6-18(11-24(20)37-27)32-8-4-5-9-32)30-17-10-23-26(29-13-17)36-16-19-15-31(3)38(34,35)33(19)23/h6-7,10-14,19H,4-5,8-9,15-16H2,1-3H3,(H,28,30)/t19-/m0/s1. The molecule has 7 rings (SSSR count). The zero-order chi connectivity index (χ0) is 26.2. The van der Waals surface area contributed by atoms with Crippen molar-refractivity contribution >= 4 is 33.1 Å². The number of anilines is 4. The largest absolute Gasteiger partial charge is 0.482 e. The molecule has 6 heterocycles. The van der Waals surface area contributed by atoms with Gasteiger partial charge < -0.3 is 19.7 Å². The highest BCUT2D eigenvalue weighted by Gasteiger charge is 2.46. The van der Waals surface area contributed by atoms with Crippen molar-refractivity contribution in [3.05, 3.63) is 48.3 Å². The van der Waals surface area contributed by atoms with Crippen LogP contribution in [-0.2, 0) is 15.8 Å². The summed E-state index contributed by atoms with van der Waals surface area (Å²) < 4.78 is 40.8. The average molecular weight is 535 g/mol. The molecular formula is C27H30N6O4S. The zero-order valence-corrected chi connectivity index (χ0v) is 22.5. The summed E-state index contributed by atoms with van der Waals surface area (Å²) in [7, 11) is -2.03. The van der Waals surface area contributed by atoms with E-state index in [1.807, 2.05) is 12.3 Å². The second-order valence-electron chi connectivity index (χ2n) is 10.8. The van der Waals surface area contributed by atoms with Crippen molar-refractivity contribution < 1.29 is 17.9 Å². The molecule has 4 aliphatic rings. The van der Waals surface area contributed by atoms with E-state index in [1.165, 1.54) is 27.1 Å². The highest BCUT2D eigenvalue weighted by Crippen LogP contribution is 2.47. The Morgan fingerprint density at radius 1 is 1.05 bits per heavy atom. The van der Waals surface area contributed by atoms with Crippen molar-refractivity contribution in [2.75, 3.05) is 47.8 Å². The highest BCUT2D eigenvalue weighted by atomic mass is 32.2. The molecule has 0 aliphatic carbocycles. The summed E-state index contributed by atoms with van der Waals surface area (Å²) in [5.41, 5.74) is 4.78. The number of nitrogens with one attached hydrogen (secondary N) is 1. The van der Waals surface area contributed by atoms with Gasteiger partial charge in [-0.1, -0.05) is 0 Å². The molecule has 3 aromatic rings. The quantitative estimate of drug-likeness (QED) is 0.541. The molecule has 38 heavy (non-hydrogen) atoms. The van der Waals surface area contributed by atoms with Crippen LogP contribution in [-0.4, -0.2) is 62.0 Å². The third-order valence-electron chi connectivity index (χ3n) is 7.84. The molecule has 0 bridgehead atoms. The van der Waals surface area contributed by atoms with Gasteiger partial charge in [0.25, 0.3) is 0 Å². The van der Waals surface area contributed by atoms with E-state index in [4.69, 9.17) is 14.5 Å². The maximum absolute atomic E-state index is 12.9. The van der Waals surface area contributed by atoms with E-state index in [2.05, 4.69) is 47.2 Å². The molecule has 0 spiro atoms. The van der Waals surface area contributed by atoms with Gasteiger partial charge in [0.2, 0.25) is 5.88 Å². The van der Waals surface area contributed by atoms with Crippen molar-refractivity contribution in [2.24, 2.45) is 0 Å². The lowest BCUT2D eigenvalue weighted by Crippen LogP contribution is -2.42. The Morgan fingerprint density at radius 3 is 2.68 bits per heavy atom. The molecule has 0 amide bonds. The monoisotopic (exact) mass is 534 g/mol. The summed E-state index contributed by atoms with van der Waals surface area (Å²) in [6.45, 7) is 6.95. The van der Waals surface area contributed by atoms with Crippen molar-refractivity contribution in [1.82, 2.24) is 14.3 Å². The van der Waals surface area contributed by atoms with Crippen molar-refractivity contribution in [1.29, 1.82) is 0 Å². The van der Waals surface area contributed by atoms with Crippen LogP contribution in [0.5, 0.6) is 11.6 Å². The fraction of sp³-hybridized carbons (Fsp3) is 0.407. The van der Waals surface area contributed by atoms with Crippen LogP contribution in [0.4, 0.5) is 22.9 Å². The Hall–Kier alpha value is -3.57. The first-order chi connectivity index (χ1) is 18.2. The van der Waals surface area contributed by atoms with Crippen LogP contribution in [0.1, 0.15) is 32.3 Å². The van der Waals surface area contributed by atoms with Crippen LogP contribution in [0.25, 0.3) is 11.1 Å². The second-order valence-corrected chi connectivity index (χ2v) is 12.7. The van der Waals surface area contributed by atoms with E-state index in [-0.39, 0.29) is 12.6 Å². The Labute approximate surface area is 222 Å². The normalized spacial score (nSPS) is 22.6. The third-order valence-corrected chi connectivity index (χ3v) is 9.77. The predicted molar refractivity (Wildman–Crippen MR) is 146 cm³/mol. The van der Waals surface area contributed by atoms with Gasteiger partial charge in [0.15, 0.2) is 0 Å². The average Bonchev–Trinajstić information content (AvgIpc) is 3.50. The number of fused-ring (bicyclic) bond motifs is 6. The van der Waals surface area contributed by atoms with Crippen LogP contribution < -0.4 is 24.0 Å². The summed E-state index contributed by atoms with van der Waals surface area (Å²) in [6, 6.07) is 9.91. The molecular weight excluding hydrogens is 504 g/mol. The molecule has 1 atom stereocenters. The van der Waals surface area contributed by atoms with Gasteiger partial charge in [-0.2, -0.15) is 12.7 Å². The maximum Gasteiger partial charge on any atom is 0.304 e. The van der Waals surface area contributed by atoms with E-state index < -0.39 is 15.8 Å². The predicted octanol–water partition coefficient (Wildman–Crippen LogP) is 3.87. The van der Waals surface area contributed by atoms with E-state index >= 15 is 0 Å². The van der Waals surface area contributed by atoms with Gasteiger partial charge >= 0.3 is 10.2 Å². The molecule has 2 fully saturated rings. The molecule has 2 aromatic heterocycles. The van der Waals surface area contributed by atoms with Crippen molar-refractivity contribution in [2.45, 2.75) is 38.3 Å². The Bertz CT molecular complexity index is 1550. The van der Waals surface area contributed by atoms with Gasteiger partial charge in [-0.15, -0.1) is 0 Å². The van der Waals surface area contributed by atoms with Crippen LogP contribution in [0, 0.1) is 0 Å². The van der Waals surface area contributed by atoms with E-state index in [0.717, 1.165) is 35.5 Å². The molecule has 198 valence electrons. The minimum Gasteiger partial charge on any atom is -0.482 e. The lowest BCUT2D eigenvalue weighted by atomic mass is 9.87. The number of hydrogen-bond acceptors (Lipinski definition) is 8. The van der Waals surface area contributed by atoms with E-state index in [9.17, 15) is 8.42 Å². The first kappa shape index (κ1) is 23.5. The van der Waals surface area contributed by atoms with Gasteiger partial charge in [-0.25, -0.2) is 14.3 Å². The first-order valence-electron chi connectivity index (χ1n) is 13.0. The first-order valence-corrected chi connectivity index (χ1v) is 14.3. The molecule has 0 unspecified atom stereocenters. The Balaban J connectivity index is 1.21. The fourth-order valence-corrected chi connectivity index (χ4v) is 7.45. The topological polar surface area (TPSA) is 100 Å². The number of pyridine rings is 2. The lowest BCUT2D eigenvalue weighted by Gasteiger charge is -2.35. The molecule has 0 saturated carbocycles. The minimum absolute atomic E-state index is 0.277. The van der Waals surface area contributed by atoms with Crippen LogP contribution in [0.3, 0.4) is 0 Å². The van der Waals surface area contributed by atoms with Crippen LogP contribution in [0.15, 0.2) is 42.7 Å². The van der Waals surface area contributed by atoms with Crippen molar-refractivity contribution in [3.8, 4) is 22.8 Å². The van der Waals surface area contributed by atoms with Gasteiger partial charge in [-0.3, -0.25) is 0 Å². The van der Waals surface area contributed by atoms with E-state index in [1.54, 1.807) is 19.3 Å². The van der Waals surface area contributed by atoms with Gasteiger partial charge in [0.05, 0.1) is 17.9 Å². The number of rotatable bonds is 3. The molecule has 2 saturated heterocycles. The number of nitrogens with zero attached hydrogens (tertiary/aromatic N) is 5. The summed E-state index contributed by atoms with van der Waals surface area (Å²) in [6.07, 6.45) is 5.96. The third kappa shape index (κ3) is 3.59. The molecule has 0 radical (unpaired) electrons. The van der Waals surface area contributed by atoms with Crippen LogP contribution >= 0.6 is 0 Å². The van der Waals surface area contributed by atoms with Gasteiger partial charge in [-0.05, 0) is 51.0 Å². The summed E-state index contributed by atoms with van der Waals surface area (Å²) in [5.74, 6) is 1.80. The number of aromatic nitrogens is 2. The minimum atomic E-state index is -3.61. The fourth-order valence-electron chi connectivity index (χ4n) is 5.90. The SMILES string of the molecule is CN1C[C@H]2COc3ncc(Nc4cc5c(cn4)-c4ccc(N6CCCC6)cc4OC5(C)C)cc3N2S1(=O)=O. The smallest absolute Gasteiger partial charge is 0.304 e. The summed E-state index contributed by atoms with van der Waals surface area (Å²) in [4.78, 5) is 11.5. The number of hydrogen-bond donors (Lipinski definition) is 1. The second kappa shape index (κ2) is 8.21. The Kier molecular flexibility index (Phi) is 5.09. The van der Waals surface area contributed by atoms with Crippen molar-refractivity contribution in [3.63, 3.8) is 0 Å². The van der Waals surface area contributed by atoms with E-state index in [0.29, 0.717) is 29.6 Å².